The van der Waals surface area contributed by atoms with Crippen molar-refractivity contribution < 1.29 is 0 Å². The summed E-state index contributed by atoms with van der Waals surface area (Å²) in [6.45, 7) is 0. The number of hydrogen-bond donors (Lipinski definition) is 0. The van der Waals surface area contributed by atoms with Gasteiger partial charge in [-0.3, -0.25) is 0 Å². The Hall–Kier alpha value is -6.97. The molecule has 0 unspecified atom stereocenters. The molecule has 54 heavy (non-hydrogen) atoms. The van der Waals surface area contributed by atoms with Gasteiger partial charge in [-0.05, 0) is 96.7 Å². The number of rotatable bonds is 6. The highest BCUT2D eigenvalue weighted by atomic mass is 15.0. The minimum atomic E-state index is 0.645. The van der Waals surface area contributed by atoms with E-state index in [9.17, 15) is 0 Å². The first-order valence-corrected chi connectivity index (χ1v) is 18.6. The van der Waals surface area contributed by atoms with Crippen LogP contribution in [0.3, 0.4) is 0 Å². The highest BCUT2D eigenvalue weighted by Gasteiger charge is 2.17. The van der Waals surface area contributed by atoms with Gasteiger partial charge in [0.05, 0.1) is 0 Å². The maximum absolute atomic E-state index is 5.18. The molecule has 3 heteroatoms. The number of hydrogen-bond acceptors (Lipinski definition) is 3. The third kappa shape index (κ3) is 5.77. The largest absolute Gasteiger partial charge is 0.208 e. The number of benzene rings is 8. The van der Waals surface area contributed by atoms with E-state index in [-0.39, 0.29) is 0 Å². The predicted molar refractivity (Wildman–Crippen MR) is 226 cm³/mol. The lowest BCUT2D eigenvalue weighted by atomic mass is 9.91. The fourth-order valence-corrected chi connectivity index (χ4v) is 7.89. The van der Waals surface area contributed by atoms with E-state index in [4.69, 9.17) is 15.0 Å². The average Bonchev–Trinajstić information content (AvgIpc) is 3.27. The summed E-state index contributed by atoms with van der Waals surface area (Å²) < 4.78 is 0. The van der Waals surface area contributed by atoms with Crippen molar-refractivity contribution in [2.75, 3.05) is 0 Å². The van der Waals surface area contributed by atoms with Gasteiger partial charge in [-0.2, -0.15) is 0 Å². The second-order valence-electron chi connectivity index (χ2n) is 13.9. The summed E-state index contributed by atoms with van der Waals surface area (Å²) >= 11 is 0. The quantitative estimate of drug-likeness (QED) is 0.163. The minimum Gasteiger partial charge on any atom is -0.208 e. The van der Waals surface area contributed by atoms with Crippen molar-refractivity contribution in [3.63, 3.8) is 0 Å². The van der Waals surface area contributed by atoms with Crippen LogP contribution in [0.5, 0.6) is 0 Å². The first-order valence-electron chi connectivity index (χ1n) is 18.6. The van der Waals surface area contributed by atoms with Crippen LogP contribution in [0.4, 0.5) is 0 Å². The van der Waals surface area contributed by atoms with Gasteiger partial charge in [-0.1, -0.05) is 170 Å². The predicted octanol–water partition coefficient (Wildman–Crippen LogP) is 13.4. The monoisotopic (exact) mass is 689 g/mol. The molecular formula is C51H35N3. The van der Waals surface area contributed by atoms with Gasteiger partial charge in [0.2, 0.25) is 0 Å². The van der Waals surface area contributed by atoms with E-state index in [0.717, 1.165) is 46.2 Å². The Morgan fingerprint density at radius 2 is 0.833 bits per heavy atom. The molecular weight excluding hydrogens is 655 g/mol. The van der Waals surface area contributed by atoms with Crippen molar-refractivity contribution in [3.05, 3.63) is 194 Å². The Kier molecular flexibility index (Phi) is 7.96. The summed E-state index contributed by atoms with van der Waals surface area (Å²) in [5, 5.41) is 7.65. The van der Waals surface area contributed by atoms with Gasteiger partial charge in [-0.15, -0.1) is 0 Å². The number of aromatic nitrogens is 3. The molecule has 10 rings (SSSR count). The van der Waals surface area contributed by atoms with E-state index in [2.05, 4.69) is 170 Å². The van der Waals surface area contributed by atoms with Crippen LogP contribution in [-0.2, 0) is 0 Å². The molecule has 0 amide bonds. The Labute approximate surface area is 314 Å². The zero-order chi connectivity index (χ0) is 35.8. The zero-order valence-electron chi connectivity index (χ0n) is 29.7. The summed E-state index contributed by atoms with van der Waals surface area (Å²) in [5.74, 6) is 1.95. The van der Waals surface area contributed by atoms with E-state index < -0.39 is 0 Å². The first kappa shape index (κ1) is 31.7. The lowest BCUT2D eigenvalue weighted by Crippen LogP contribution is -2.01. The van der Waals surface area contributed by atoms with Gasteiger partial charge >= 0.3 is 0 Å². The topological polar surface area (TPSA) is 38.7 Å². The molecule has 1 aliphatic rings. The number of nitrogens with zero attached hydrogens (tertiary/aromatic N) is 3. The van der Waals surface area contributed by atoms with Crippen LogP contribution in [0, 0.1) is 0 Å². The maximum atomic E-state index is 5.18. The van der Waals surface area contributed by atoms with Gasteiger partial charge in [0.1, 0.15) is 0 Å². The molecule has 0 aliphatic heterocycles. The van der Waals surface area contributed by atoms with Crippen molar-refractivity contribution in [1.29, 1.82) is 0 Å². The lowest BCUT2D eigenvalue weighted by molar-refractivity contribution is 1.04. The maximum Gasteiger partial charge on any atom is 0.164 e. The third-order valence-electron chi connectivity index (χ3n) is 10.5. The lowest BCUT2D eigenvalue weighted by Gasteiger charge is -2.14. The zero-order valence-corrected chi connectivity index (χ0v) is 29.7. The Morgan fingerprint density at radius 1 is 0.315 bits per heavy atom. The van der Waals surface area contributed by atoms with E-state index >= 15 is 0 Å². The molecule has 0 saturated heterocycles. The molecule has 0 saturated carbocycles. The highest BCUT2D eigenvalue weighted by molar-refractivity contribution is 6.25. The molecule has 0 N–H and O–H groups in total. The van der Waals surface area contributed by atoms with Crippen molar-refractivity contribution in [2.24, 2.45) is 0 Å². The molecule has 0 spiro atoms. The first-order chi connectivity index (χ1) is 26.8. The molecule has 0 atom stereocenters. The van der Waals surface area contributed by atoms with Gasteiger partial charge in [0.15, 0.2) is 17.5 Å². The third-order valence-corrected chi connectivity index (χ3v) is 10.5. The van der Waals surface area contributed by atoms with E-state index in [1.807, 2.05) is 18.2 Å². The second-order valence-corrected chi connectivity index (χ2v) is 13.9. The SMILES string of the molecule is C1=CC(c2cccc(-c3nc(-c4ccccc4)nc(-c4ccccc4-c4cccc(-c5ccc6c7ccccc7c7ccccc7c6c5)c4)n3)c2)=CCC1. The standard InChI is InChI=1S/C51H35N3/c1-3-15-34(16-4-1)36-19-14-22-40(32-36)50-52-49(35-17-5-2-6-18-35)53-51(54-50)47-28-12-7-23-41(47)39-21-13-20-37(31-39)38-29-30-46-44-26-9-8-24-42(44)43-25-10-11-27-45(43)48(46)33-38/h2-3,5-33H,1,4H2. The molecule has 0 fully saturated rings. The molecule has 8 aromatic carbocycles. The van der Waals surface area contributed by atoms with Crippen LogP contribution in [0.2, 0.25) is 0 Å². The second kappa shape index (κ2) is 13.5. The van der Waals surface area contributed by atoms with Crippen molar-refractivity contribution in [2.45, 2.75) is 12.8 Å². The molecule has 3 nitrogen and oxygen atoms in total. The summed E-state index contributed by atoms with van der Waals surface area (Å²) in [6.07, 6.45) is 8.89. The Balaban J connectivity index is 1.10. The van der Waals surface area contributed by atoms with E-state index in [0.29, 0.717) is 17.5 Å². The number of fused-ring (bicyclic) bond motifs is 6. The summed E-state index contributed by atoms with van der Waals surface area (Å²) in [6, 6.07) is 60.4. The molecule has 0 bridgehead atoms. The van der Waals surface area contributed by atoms with Crippen LogP contribution < -0.4 is 0 Å². The van der Waals surface area contributed by atoms with Crippen molar-refractivity contribution in [3.8, 4) is 56.4 Å². The van der Waals surface area contributed by atoms with E-state index in [1.54, 1.807) is 0 Å². The number of allylic oxidation sites excluding steroid dienone is 4. The fourth-order valence-electron chi connectivity index (χ4n) is 7.89. The van der Waals surface area contributed by atoms with E-state index in [1.165, 1.54) is 49.0 Å². The fraction of sp³-hybridized carbons (Fsp3) is 0.0392. The Bertz CT molecular complexity index is 2900. The summed E-state index contributed by atoms with van der Waals surface area (Å²) in [4.78, 5) is 15.3. The normalized spacial score (nSPS) is 12.7. The smallest absolute Gasteiger partial charge is 0.164 e. The van der Waals surface area contributed by atoms with Gasteiger partial charge in [-0.25, -0.2) is 15.0 Å². The average molecular weight is 690 g/mol. The Morgan fingerprint density at radius 3 is 1.56 bits per heavy atom. The molecule has 1 aliphatic carbocycles. The molecule has 1 heterocycles. The van der Waals surface area contributed by atoms with Crippen LogP contribution in [0.1, 0.15) is 18.4 Å². The van der Waals surface area contributed by atoms with Gasteiger partial charge in [0.25, 0.3) is 0 Å². The van der Waals surface area contributed by atoms with Gasteiger partial charge < -0.3 is 0 Å². The molecule has 254 valence electrons. The van der Waals surface area contributed by atoms with Crippen LogP contribution in [0.15, 0.2) is 188 Å². The van der Waals surface area contributed by atoms with Crippen LogP contribution >= 0.6 is 0 Å². The van der Waals surface area contributed by atoms with Gasteiger partial charge in [0, 0.05) is 16.7 Å². The van der Waals surface area contributed by atoms with Crippen LogP contribution in [-0.4, -0.2) is 15.0 Å². The molecule has 1 aromatic heterocycles. The summed E-state index contributed by atoms with van der Waals surface area (Å²) in [7, 11) is 0. The highest BCUT2D eigenvalue weighted by Crippen LogP contribution is 2.39. The van der Waals surface area contributed by atoms with Crippen LogP contribution in [0.25, 0.3) is 94.3 Å². The van der Waals surface area contributed by atoms with Crippen molar-refractivity contribution >= 4 is 37.9 Å². The summed E-state index contributed by atoms with van der Waals surface area (Å²) in [5.41, 5.74) is 9.78. The molecule has 0 radical (unpaired) electrons. The molecule has 9 aromatic rings. The minimum absolute atomic E-state index is 0.645. The van der Waals surface area contributed by atoms with Crippen molar-refractivity contribution in [1.82, 2.24) is 15.0 Å².